The molecule has 0 spiro atoms. The number of nitrogen functional groups attached to an aromatic ring is 1. The topological polar surface area (TPSA) is 70.3 Å². The zero-order valence-corrected chi connectivity index (χ0v) is 15.1. The van der Waals surface area contributed by atoms with Crippen molar-refractivity contribution in [3.8, 4) is 23.3 Å². The van der Waals surface area contributed by atoms with Gasteiger partial charge in [0, 0.05) is 10.0 Å². The molecule has 7 heteroatoms. The molecular formula is C18H15Cl2N3O2. The van der Waals surface area contributed by atoms with Crippen LogP contribution in [0.5, 0.6) is 23.3 Å². The highest BCUT2D eigenvalue weighted by Crippen LogP contribution is 2.34. The first-order chi connectivity index (χ1) is 11.9. The number of aromatic nitrogens is 2. The van der Waals surface area contributed by atoms with E-state index in [1.807, 2.05) is 13.8 Å². The third-order valence-corrected chi connectivity index (χ3v) is 4.35. The highest BCUT2D eigenvalue weighted by Gasteiger charge is 2.13. The van der Waals surface area contributed by atoms with Gasteiger partial charge in [-0.05, 0) is 61.4 Å². The summed E-state index contributed by atoms with van der Waals surface area (Å²) in [6, 6.07) is 10.6. The van der Waals surface area contributed by atoms with Crippen LogP contribution in [0.3, 0.4) is 0 Å². The number of rotatable bonds is 4. The summed E-state index contributed by atoms with van der Waals surface area (Å²) in [5.74, 6) is 1.55. The second-order valence-electron chi connectivity index (χ2n) is 5.42. The van der Waals surface area contributed by atoms with Crippen LogP contribution < -0.4 is 15.2 Å². The average Bonchev–Trinajstić information content (AvgIpc) is 2.58. The Hall–Kier alpha value is -2.50. The van der Waals surface area contributed by atoms with E-state index in [1.54, 1.807) is 36.4 Å². The molecule has 5 nitrogen and oxygen atoms in total. The minimum atomic E-state index is 0.197. The number of benzene rings is 2. The van der Waals surface area contributed by atoms with E-state index in [4.69, 9.17) is 38.4 Å². The van der Waals surface area contributed by atoms with E-state index < -0.39 is 0 Å². The van der Waals surface area contributed by atoms with Crippen LogP contribution in [0.2, 0.25) is 10.0 Å². The van der Waals surface area contributed by atoms with Gasteiger partial charge in [-0.2, -0.15) is 9.97 Å². The summed E-state index contributed by atoms with van der Waals surface area (Å²) in [5.41, 5.74) is 8.06. The lowest BCUT2D eigenvalue weighted by molar-refractivity contribution is 0.438. The van der Waals surface area contributed by atoms with Gasteiger partial charge in [-0.25, -0.2) is 0 Å². The Labute approximate surface area is 155 Å². The third kappa shape index (κ3) is 3.95. The van der Waals surface area contributed by atoms with E-state index in [0.29, 0.717) is 21.5 Å². The Morgan fingerprint density at radius 2 is 1.24 bits per heavy atom. The number of aryl methyl sites for hydroxylation is 2. The summed E-state index contributed by atoms with van der Waals surface area (Å²) in [6.45, 7) is 3.77. The van der Waals surface area contributed by atoms with Crippen molar-refractivity contribution in [1.29, 1.82) is 0 Å². The first-order valence-corrected chi connectivity index (χ1v) is 8.18. The van der Waals surface area contributed by atoms with Crippen molar-refractivity contribution in [2.45, 2.75) is 13.8 Å². The van der Waals surface area contributed by atoms with Crippen LogP contribution >= 0.6 is 23.2 Å². The normalized spacial score (nSPS) is 10.6. The smallest absolute Gasteiger partial charge is 0.249 e. The highest BCUT2D eigenvalue weighted by molar-refractivity contribution is 6.31. The lowest BCUT2D eigenvalue weighted by Crippen LogP contribution is -2.00. The highest BCUT2D eigenvalue weighted by atomic mass is 35.5. The van der Waals surface area contributed by atoms with E-state index in [1.165, 1.54) is 6.33 Å². The van der Waals surface area contributed by atoms with Gasteiger partial charge in [-0.1, -0.05) is 23.2 Å². The minimum Gasteiger partial charge on any atom is -0.437 e. The second kappa shape index (κ2) is 7.17. The van der Waals surface area contributed by atoms with E-state index >= 15 is 0 Å². The van der Waals surface area contributed by atoms with E-state index in [0.717, 1.165) is 11.1 Å². The van der Waals surface area contributed by atoms with Crippen molar-refractivity contribution in [2.75, 3.05) is 5.73 Å². The maximum Gasteiger partial charge on any atom is 0.249 e. The zero-order chi connectivity index (χ0) is 18.0. The number of ether oxygens (including phenoxy) is 2. The largest absolute Gasteiger partial charge is 0.437 e. The third-order valence-electron chi connectivity index (χ3n) is 3.50. The predicted molar refractivity (Wildman–Crippen MR) is 99.0 cm³/mol. The van der Waals surface area contributed by atoms with Crippen LogP contribution in [0.1, 0.15) is 11.1 Å². The molecule has 0 aliphatic heterocycles. The maximum atomic E-state index is 6.09. The van der Waals surface area contributed by atoms with Gasteiger partial charge in [0.05, 0.1) is 0 Å². The minimum absolute atomic E-state index is 0.197. The SMILES string of the molecule is Cc1cc(Oc2ncnc(Oc3ccc(Cl)c(C)c3)c2N)ccc1Cl. The molecule has 0 atom stereocenters. The van der Waals surface area contributed by atoms with Crippen molar-refractivity contribution in [3.05, 3.63) is 63.9 Å². The van der Waals surface area contributed by atoms with Gasteiger partial charge < -0.3 is 15.2 Å². The fourth-order valence-corrected chi connectivity index (χ4v) is 2.35. The molecule has 2 aromatic carbocycles. The van der Waals surface area contributed by atoms with Crippen LogP contribution in [0, 0.1) is 13.8 Å². The number of halogens is 2. The van der Waals surface area contributed by atoms with E-state index in [2.05, 4.69) is 9.97 Å². The number of hydrogen-bond donors (Lipinski definition) is 1. The van der Waals surface area contributed by atoms with Gasteiger partial charge in [0.25, 0.3) is 0 Å². The summed E-state index contributed by atoms with van der Waals surface area (Å²) < 4.78 is 11.5. The molecule has 2 N–H and O–H groups in total. The molecule has 0 aliphatic rings. The molecule has 3 rings (SSSR count). The van der Waals surface area contributed by atoms with E-state index in [-0.39, 0.29) is 17.4 Å². The first kappa shape index (κ1) is 17.3. The summed E-state index contributed by atoms with van der Waals surface area (Å²) in [5, 5.41) is 1.32. The predicted octanol–water partition coefficient (Wildman–Crippen LogP) is 5.57. The molecule has 0 aliphatic carbocycles. The van der Waals surface area contributed by atoms with Crippen LogP contribution in [0.4, 0.5) is 5.69 Å². The number of hydrogen-bond acceptors (Lipinski definition) is 5. The number of anilines is 1. The zero-order valence-electron chi connectivity index (χ0n) is 13.6. The van der Waals surface area contributed by atoms with E-state index in [9.17, 15) is 0 Å². The summed E-state index contributed by atoms with van der Waals surface area (Å²) >= 11 is 12.0. The molecule has 1 heterocycles. The quantitative estimate of drug-likeness (QED) is 0.645. The molecule has 0 bridgehead atoms. The number of nitrogens with two attached hydrogens (primary N) is 1. The molecule has 0 fully saturated rings. The molecule has 128 valence electrons. The van der Waals surface area contributed by atoms with Crippen molar-refractivity contribution in [2.24, 2.45) is 0 Å². The standard InChI is InChI=1S/C18H15Cl2N3O2/c1-10-7-12(3-5-14(10)19)24-17-16(21)18(23-9-22-17)25-13-4-6-15(20)11(2)8-13/h3-9H,21H2,1-2H3. The number of nitrogens with zero attached hydrogens (tertiary/aromatic N) is 2. The second-order valence-corrected chi connectivity index (χ2v) is 6.24. The van der Waals surface area contributed by atoms with Gasteiger partial charge in [0.2, 0.25) is 11.8 Å². The van der Waals surface area contributed by atoms with Crippen molar-refractivity contribution in [1.82, 2.24) is 9.97 Å². The van der Waals surface area contributed by atoms with Gasteiger partial charge in [-0.15, -0.1) is 0 Å². The molecule has 1 aromatic heterocycles. The Morgan fingerprint density at radius 3 is 1.64 bits per heavy atom. The molecular weight excluding hydrogens is 361 g/mol. The molecule has 25 heavy (non-hydrogen) atoms. The van der Waals surface area contributed by atoms with Crippen molar-refractivity contribution < 1.29 is 9.47 Å². The van der Waals surface area contributed by atoms with Crippen LogP contribution in [-0.2, 0) is 0 Å². The summed E-state index contributed by atoms with van der Waals surface area (Å²) in [6.07, 6.45) is 1.33. The molecule has 0 unspecified atom stereocenters. The monoisotopic (exact) mass is 375 g/mol. The first-order valence-electron chi connectivity index (χ1n) is 7.42. The lowest BCUT2D eigenvalue weighted by Gasteiger charge is -2.12. The fraction of sp³-hybridized carbons (Fsp3) is 0.111. The fourth-order valence-electron chi connectivity index (χ4n) is 2.11. The average molecular weight is 376 g/mol. The molecule has 0 amide bonds. The lowest BCUT2D eigenvalue weighted by atomic mass is 10.2. The Bertz CT molecular complexity index is 860. The molecule has 0 radical (unpaired) electrons. The molecule has 0 saturated carbocycles. The van der Waals surface area contributed by atoms with Gasteiger partial charge in [0.1, 0.15) is 17.8 Å². The van der Waals surface area contributed by atoms with Gasteiger partial charge in [-0.3, -0.25) is 0 Å². The van der Waals surface area contributed by atoms with Gasteiger partial charge >= 0.3 is 0 Å². The van der Waals surface area contributed by atoms with Crippen molar-refractivity contribution >= 4 is 28.9 Å². The van der Waals surface area contributed by atoms with Crippen LogP contribution in [0.25, 0.3) is 0 Å². The molecule has 3 aromatic rings. The Morgan fingerprint density at radius 1 is 0.800 bits per heavy atom. The molecule has 0 saturated heterocycles. The summed E-state index contributed by atoms with van der Waals surface area (Å²) in [7, 11) is 0. The van der Waals surface area contributed by atoms with Gasteiger partial charge in [0.15, 0.2) is 5.69 Å². The van der Waals surface area contributed by atoms with Crippen molar-refractivity contribution in [3.63, 3.8) is 0 Å². The van der Waals surface area contributed by atoms with Crippen LogP contribution in [0.15, 0.2) is 42.7 Å². The summed E-state index contributed by atoms with van der Waals surface area (Å²) in [4.78, 5) is 8.13. The maximum absolute atomic E-state index is 6.09. The Kier molecular flexibility index (Phi) is 4.97. The van der Waals surface area contributed by atoms with Crippen LogP contribution in [-0.4, -0.2) is 9.97 Å². The Balaban J connectivity index is 1.86.